The minimum absolute atomic E-state index is 0.0836. The first-order chi connectivity index (χ1) is 21.1. The minimum atomic E-state index is -1.38. The van der Waals surface area contributed by atoms with E-state index in [1.54, 1.807) is 14.7 Å². The van der Waals surface area contributed by atoms with Crippen molar-refractivity contribution in [1.29, 1.82) is 0 Å². The average molecular weight is 598 g/mol. The molecule has 8 nitrogen and oxygen atoms in total. The van der Waals surface area contributed by atoms with Gasteiger partial charge in [0.05, 0.1) is 30.1 Å². The van der Waals surface area contributed by atoms with Crippen LogP contribution in [-0.4, -0.2) is 75.6 Å². The summed E-state index contributed by atoms with van der Waals surface area (Å²) in [6.07, 6.45) is 8.34. The van der Waals surface area contributed by atoms with E-state index in [1.165, 1.54) is 0 Å². The van der Waals surface area contributed by atoms with Crippen molar-refractivity contribution in [1.82, 2.24) is 9.80 Å². The molecule has 232 valence electrons. The van der Waals surface area contributed by atoms with Crippen molar-refractivity contribution in [3.63, 3.8) is 0 Å². The predicted octanol–water partition coefficient (Wildman–Crippen LogP) is 4.18. The van der Waals surface area contributed by atoms with Crippen molar-refractivity contribution in [2.24, 2.45) is 17.8 Å². The molecule has 4 aliphatic rings. The highest BCUT2D eigenvalue weighted by Crippen LogP contribution is 2.58. The SMILES string of the molecule is CC[C@H](C)[C@H](CO)N1C(=O)[C@@H]2[C@@H]3C(=O)N(Cc4ccccc4)CC=C[C@]3(C)O[C@@]23C=CCN(c2cc(C)ccc2C)C(=O)C13. The zero-order valence-corrected chi connectivity index (χ0v) is 26.3. The van der Waals surface area contributed by atoms with E-state index in [0.717, 1.165) is 22.4 Å². The average Bonchev–Trinajstić information content (AvgIpc) is 3.28. The summed E-state index contributed by atoms with van der Waals surface area (Å²) in [5, 5.41) is 10.7. The van der Waals surface area contributed by atoms with Gasteiger partial charge in [-0.2, -0.15) is 0 Å². The second kappa shape index (κ2) is 11.3. The maximum Gasteiger partial charge on any atom is 0.253 e. The molecule has 0 aromatic heterocycles. The molecule has 8 heteroatoms. The standard InChI is InChI=1S/C36H43N3O5/c1-6-24(3)28(22-40)39-31-34(43)38(27-20-23(2)14-15-25(27)4)19-11-17-36(31)30(33(39)42)29-32(41)37(18-10-16-35(29,5)44-36)21-26-12-8-7-9-13-26/h7-17,20,24,28-31,40H,6,18-19,21-22H2,1-5H3/t24-,28-,29+,30-,31?,35-,36-/m0/s1. The first-order valence-electron chi connectivity index (χ1n) is 15.8. The van der Waals surface area contributed by atoms with Gasteiger partial charge in [0.2, 0.25) is 11.8 Å². The van der Waals surface area contributed by atoms with Gasteiger partial charge >= 0.3 is 0 Å². The Bertz CT molecular complexity index is 1520. The number of aliphatic hydroxyl groups excluding tert-OH is 1. The number of ether oxygens (including phenoxy) is 1. The summed E-state index contributed by atoms with van der Waals surface area (Å²) >= 11 is 0. The smallest absolute Gasteiger partial charge is 0.253 e. The number of rotatable bonds is 7. The number of benzene rings is 2. The fourth-order valence-corrected chi connectivity index (χ4v) is 7.86. The lowest BCUT2D eigenvalue weighted by Gasteiger charge is -2.41. The summed E-state index contributed by atoms with van der Waals surface area (Å²) < 4.78 is 7.00. The number of amides is 3. The topological polar surface area (TPSA) is 90.4 Å². The molecule has 2 aromatic rings. The van der Waals surface area contributed by atoms with Crippen LogP contribution in [0.25, 0.3) is 0 Å². The van der Waals surface area contributed by atoms with E-state index >= 15 is 0 Å². The number of likely N-dealkylation sites (tertiary alicyclic amines) is 1. The zero-order chi connectivity index (χ0) is 31.4. The third kappa shape index (κ3) is 4.61. The summed E-state index contributed by atoms with van der Waals surface area (Å²) in [6, 6.07) is 14.1. The lowest BCUT2D eigenvalue weighted by Crippen LogP contribution is -2.60. The number of anilines is 1. The molecule has 6 rings (SSSR count). The van der Waals surface area contributed by atoms with Gasteiger partial charge in [-0.1, -0.05) is 87.0 Å². The first kappa shape index (κ1) is 30.3. The molecule has 0 bridgehead atoms. The number of hydrogen-bond acceptors (Lipinski definition) is 5. The van der Waals surface area contributed by atoms with Crippen LogP contribution in [-0.2, 0) is 25.7 Å². The quantitative estimate of drug-likeness (QED) is 0.484. The zero-order valence-electron chi connectivity index (χ0n) is 26.3. The lowest BCUT2D eigenvalue weighted by atomic mass is 9.74. The van der Waals surface area contributed by atoms with Gasteiger partial charge in [-0.05, 0) is 49.4 Å². The van der Waals surface area contributed by atoms with E-state index in [9.17, 15) is 19.5 Å². The van der Waals surface area contributed by atoms with Crippen LogP contribution in [0, 0.1) is 31.6 Å². The van der Waals surface area contributed by atoms with E-state index in [2.05, 4.69) is 0 Å². The Morgan fingerprint density at radius 1 is 0.955 bits per heavy atom. The van der Waals surface area contributed by atoms with E-state index < -0.39 is 35.1 Å². The van der Waals surface area contributed by atoms with Crippen LogP contribution in [0.1, 0.15) is 43.9 Å². The molecule has 1 N–H and O–H groups in total. The normalized spacial score (nSPS) is 31.0. The molecule has 3 amide bonds. The second-order valence-electron chi connectivity index (χ2n) is 13.1. The molecule has 2 aromatic carbocycles. The summed E-state index contributed by atoms with van der Waals surface area (Å²) in [5.41, 5.74) is 1.26. The van der Waals surface area contributed by atoms with Crippen molar-refractivity contribution in [3.05, 3.63) is 89.5 Å². The number of carbonyl (C=O) groups is 3. The molecular weight excluding hydrogens is 554 g/mol. The highest BCUT2D eigenvalue weighted by molar-refractivity contribution is 6.06. The maximum absolute atomic E-state index is 14.9. The second-order valence-corrected chi connectivity index (χ2v) is 13.1. The molecule has 1 spiro atoms. The van der Waals surface area contributed by atoms with E-state index in [-0.39, 0.29) is 30.2 Å². The first-order valence-corrected chi connectivity index (χ1v) is 15.8. The van der Waals surface area contributed by atoms with Gasteiger partial charge < -0.3 is 24.5 Å². The van der Waals surface area contributed by atoms with E-state index in [0.29, 0.717) is 26.1 Å². The Kier molecular flexibility index (Phi) is 7.79. The van der Waals surface area contributed by atoms with Crippen LogP contribution >= 0.6 is 0 Å². The highest BCUT2D eigenvalue weighted by atomic mass is 16.5. The van der Waals surface area contributed by atoms with Gasteiger partial charge in [-0.3, -0.25) is 14.4 Å². The van der Waals surface area contributed by atoms with Crippen LogP contribution in [0.15, 0.2) is 72.8 Å². The molecule has 1 unspecified atom stereocenters. The summed E-state index contributed by atoms with van der Waals surface area (Å²) in [7, 11) is 0. The van der Waals surface area contributed by atoms with Crippen molar-refractivity contribution in [3.8, 4) is 0 Å². The molecule has 7 atom stereocenters. The van der Waals surface area contributed by atoms with Gasteiger partial charge in [0.25, 0.3) is 5.91 Å². The van der Waals surface area contributed by atoms with Crippen LogP contribution in [0.4, 0.5) is 5.69 Å². The fraction of sp³-hybridized carbons (Fsp3) is 0.472. The largest absolute Gasteiger partial charge is 0.394 e. The number of nitrogens with zero attached hydrogens (tertiary/aromatic N) is 3. The van der Waals surface area contributed by atoms with E-state index in [1.807, 2.05) is 107 Å². The van der Waals surface area contributed by atoms with Gasteiger partial charge in [0.15, 0.2) is 0 Å². The number of aliphatic hydroxyl groups is 1. The molecule has 0 saturated carbocycles. The summed E-state index contributed by atoms with van der Waals surface area (Å²) in [5.74, 6) is -2.60. The molecular formula is C36H43N3O5. The Morgan fingerprint density at radius 3 is 2.39 bits per heavy atom. The van der Waals surface area contributed by atoms with Crippen LogP contribution < -0.4 is 4.90 Å². The predicted molar refractivity (Wildman–Crippen MR) is 169 cm³/mol. The van der Waals surface area contributed by atoms with Gasteiger partial charge in [0, 0.05) is 25.3 Å². The lowest BCUT2D eigenvalue weighted by molar-refractivity contribution is -0.152. The molecule has 0 radical (unpaired) electrons. The van der Waals surface area contributed by atoms with Crippen molar-refractivity contribution < 1.29 is 24.2 Å². The number of aryl methyl sites for hydroxylation is 2. The van der Waals surface area contributed by atoms with Crippen molar-refractivity contribution >= 4 is 23.4 Å². The highest BCUT2D eigenvalue weighted by Gasteiger charge is 2.75. The number of hydrogen-bond donors (Lipinski definition) is 1. The van der Waals surface area contributed by atoms with Crippen LogP contribution in [0.2, 0.25) is 0 Å². The number of carbonyl (C=O) groups excluding carboxylic acids is 3. The minimum Gasteiger partial charge on any atom is -0.394 e. The van der Waals surface area contributed by atoms with Crippen molar-refractivity contribution in [2.45, 2.75) is 70.9 Å². The Hall–Kier alpha value is -3.75. The summed E-state index contributed by atoms with van der Waals surface area (Å²) in [4.78, 5) is 49.4. The van der Waals surface area contributed by atoms with Gasteiger partial charge in [0.1, 0.15) is 11.6 Å². The molecule has 4 heterocycles. The summed E-state index contributed by atoms with van der Waals surface area (Å²) in [6.45, 7) is 10.6. The molecule has 4 aliphatic heterocycles. The van der Waals surface area contributed by atoms with Crippen molar-refractivity contribution in [2.75, 3.05) is 24.6 Å². The third-order valence-electron chi connectivity index (χ3n) is 10.3. The number of fused-ring (bicyclic) bond motifs is 2. The molecule has 44 heavy (non-hydrogen) atoms. The molecule has 0 aliphatic carbocycles. The van der Waals surface area contributed by atoms with Gasteiger partial charge in [-0.15, -0.1) is 0 Å². The third-order valence-corrected chi connectivity index (χ3v) is 10.3. The van der Waals surface area contributed by atoms with Crippen LogP contribution in [0.5, 0.6) is 0 Å². The Labute approximate surface area is 260 Å². The molecule has 2 saturated heterocycles. The monoisotopic (exact) mass is 597 g/mol. The maximum atomic E-state index is 14.9. The van der Waals surface area contributed by atoms with E-state index in [4.69, 9.17) is 4.74 Å². The molecule has 2 fully saturated rings. The van der Waals surface area contributed by atoms with Gasteiger partial charge in [-0.25, -0.2) is 0 Å². The Balaban J connectivity index is 1.49. The fourth-order valence-electron chi connectivity index (χ4n) is 7.86. The Morgan fingerprint density at radius 2 is 1.68 bits per heavy atom. The van der Waals surface area contributed by atoms with Crippen LogP contribution in [0.3, 0.4) is 0 Å².